The second-order valence-corrected chi connectivity index (χ2v) is 8.31. The van der Waals surface area contributed by atoms with Crippen LogP contribution in [0.25, 0.3) is 10.9 Å². The lowest BCUT2D eigenvalue weighted by Gasteiger charge is -2.11. The summed E-state index contributed by atoms with van der Waals surface area (Å²) in [5, 5.41) is 4.93. The van der Waals surface area contributed by atoms with Gasteiger partial charge in [0.2, 0.25) is 10.0 Å². The maximum Gasteiger partial charge on any atom is 0.240 e. The van der Waals surface area contributed by atoms with Crippen molar-refractivity contribution in [1.29, 1.82) is 0 Å². The van der Waals surface area contributed by atoms with Crippen molar-refractivity contribution in [1.82, 2.24) is 9.71 Å². The van der Waals surface area contributed by atoms with Gasteiger partial charge in [-0.3, -0.25) is 4.98 Å². The zero-order valence-electron chi connectivity index (χ0n) is 15.5. The van der Waals surface area contributed by atoms with Crippen molar-refractivity contribution in [3.05, 3.63) is 59.8 Å². The third kappa shape index (κ3) is 5.13. The third-order valence-corrected chi connectivity index (χ3v) is 5.82. The van der Waals surface area contributed by atoms with E-state index in [0.717, 1.165) is 16.6 Å². The van der Waals surface area contributed by atoms with Crippen LogP contribution in [0.4, 0.5) is 5.69 Å². The first-order valence-electron chi connectivity index (χ1n) is 9.00. The Morgan fingerprint density at radius 3 is 2.61 bits per heavy atom. The van der Waals surface area contributed by atoms with E-state index >= 15 is 0 Å². The smallest absolute Gasteiger partial charge is 0.240 e. The number of halogens is 1. The van der Waals surface area contributed by atoms with Crippen molar-refractivity contribution in [3.63, 3.8) is 0 Å². The van der Waals surface area contributed by atoms with Crippen LogP contribution in [0.15, 0.2) is 59.6 Å². The van der Waals surface area contributed by atoms with Gasteiger partial charge in [-0.1, -0.05) is 11.6 Å². The zero-order valence-corrected chi connectivity index (χ0v) is 17.1. The molecule has 0 fully saturated rings. The molecule has 28 heavy (non-hydrogen) atoms. The molecule has 3 rings (SSSR count). The Labute approximate surface area is 169 Å². The standard InChI is InChI=1S/C20H22ClN3O3S/c1-2-27-16-5-7-17(8-6-16)28(25,26)24-12-3-11-22-19-10-13-23-20-14-15(21)4-9-18(19)20/h4-10,13-14,24H,2-3,11-12H2,1H3,(H,22,23). The van der Waals surface area contributed by atoms with E-state index in [0.29, 0.717) is 36.9 Å². The molecule has 2 aromatic carbocycles. The van der Waals surface area contributed by atoms with Crippen LogP contribution in [-0.2, 0) is 10.0 Å². The topological polar surface area (TPSA) is 80.3 Å². The molecule has 8 heteroatoms. The lowest BCUT2D eigenvalue weighted by Crippen LogP contribution is -2.26. The van der Waals surface area contributed by atoms with E-state index in [-0.39, 0.29) is 4.90 Å². The molecule has 0 saturated carbocycles. The Hall–Kier alpha value is -2.35. The van der Waals surface area contributed by atoms with E-state index in [2.05, 4.69) is 15.0 Å². The zero-order chi connectivity index (χ0) is 20.0. The van der Waals surface area contributed by atoms with Gasteiger partial charge in [0.25, 0.3) is 0 Å². The summed E-state index contributed by atoms with van der Waals surface area (Å²) >= 11 is 6.00. The van der Waals surface area contributed by atoms with Gasteiger partial charge in [0.1, 0.15) is 5.75 Å². The quantitative estimate of drug-likeness (QED) is 0.511. The fourth-order valence-electron chi connectivity index (χ4n) is 2.76. The SMILES string of the molecule is CCOc1ccc(S(=O)(=O)NCCCNc2ccnc3cc(Cl)ccc23)cc1. The Balaban J connectivity index is 1.52. The first-order chi connectivity index (χ1) is 13.5. The van der Waals surface area contributed by atoms with Crippen molar-refractivity contribution >= 4 is 38.2 Å². The number of hydrogen-bond donors (Lipinski definition) is 2. The van der Waals surface area contributed by atoms with Crippen LogP contribution < -0.4 is 14.8 Å². The molecule has 3 aromatic rings. The molecule has 0 bridgehead atoms. The Bertz CT molecular complexity index is 1040. The second kappa shape index (κ2) is 9.23. The van der Waals surface area contributed by atoms with E-state index in [1.54, 1.807) is 30.5 Å². The first kappa shape index (κ1) is 20.4. The van der Waals surface area contributed by atoms with E-state index in [9.17, 15) is 8.42 Å². The lowest BCUT2D eigenvalue weighted by atomic mass is 10.2. The molecule has 0 aliphatic heterocycles. The van der Waals surface area contributed by atoms with Crippen molar-refractivity contribution in [2.75, 3.05) is 25.0 Å². The van der Waals surface area contributed by atoms with Crippen molar-refractivity contribution in [3.8, 4) is 5.75 Å². The molecular weight excluding hydrogens is 398 g/mol. The Kier molecular flexibility index (Phi) is 6.72. The number of ether oxygens (including phenoxy) is 1. The van der Waals surface area contributed by atoms with Crippen molar-refractivity contribution < 1.29 is 13.2 Å². The van der Waals surface area contributed by atoms with E-state index < -0.39 is 10.0 Å². The predicted molar refractivity (Wildman–Crippen MR) is 113 cm³/mol. The largest absolute Gasteiger partial charge is 0.494 e. The summed E-state index contributed by atoms with van der Waals surface area (Å²) < 4.78 is 32.6. The van der Waals surface area contributed by atoms with Crippen LogP contribution >= 0.6 is 11.6 Å². The molecule has 6 nitrogen and oxygen atoms in total. The summed E-state index contributed by atoms with van der Waals surface area (Å²) in [6.45, 7) is 3.37. The lowest BCUT2D eigenvalue weighted by molar-refractivity contribution is 0.340. The summed E-state index contributed by atoms with van der Waals surface area (Å²) in [7, 11) is -3.53. The highest BCUT2D eigenvalue weighted by atomic mass is 35.5. The van der Waals surface area contributed by atoms with Gasteiger partial charge in [-0.2, -0.15) is 0 Å². The number of aromatic nitrogens is 1. The van der Waals surface area contributed by atoms with Crippen LogP contribution in [0.3, 0.4) is 0 Å². The minimum Gasteiger partial charge on any atom is -0.494 e. The number of nitrogens with one attached hydrogen (secondary N) is 2. The molecule has 0 atom stereocenters. The van der Waals surface area contributed by atoms with E-state index in [1.807, 2.05) is 31.2 Å². The average molecular weight is 420 g/mol. The summed E-state index contributed by atoms with van der Waals surface area (Å²) in [6, 6.07) is 13.8. The van der Waals surface area contributed by atoms with Gasteiger partial charge >= 0.3 is 0 Å². The van der Waals surface area contributed by atoms with Gasteiger partial charge < -0.3 is 10.1 Å². The number of rotatable bonds is 9. The van der Waals surface area contributed by atoms with Crippen molar-refractivity contribution in [2.45, 2.75) is 18.2 Å². The molecule has 0 amide bonds. The summed E-state index contributed by atoms with van der Waals surface area (Å²) in [6.07, 6.45) is 2.35. The summed E-state index contributed by atoms with van der Waals surface area (Å²) in [5.41, 5.74) is 1.75. The van der Waals surface area contributed by atoms with Gasteiger partial charge in [0.05, 0.1) is 17.0 Å². The van der Waals surface area contributed by atoms with Gasteiger partial charge in [-0.15, -0.1) is 0 Å². The number of nitrogens with zero attached hydrogens (tertiary/aromatic N) is 1. The summed E-state index contributed by atoms with van der Waals surface area (Å²) in [5.74, 6) is 0.650. The number of benzene rings is 2. The van der Waals surface area contributed by atoms with Crippen LogP contribution in [0.5, 0.6) is 5.75 Å². The number of sulfonamides is 1. The van der Waals surface area contributed by atoms with Crippen LogP contribution in [0, 0.1) is 0 Å². The van der Waals surface area contributed by atoms with Crippen LogP contribution in [0.1, 0.15) is 13.3 Å². The number of hydrogen-bond acceptors (Lipinski definition) is 5. The minimum absolute atomic E-state index is 0.223. The predicted octanol–water partition coefficient (Wildman–Crippen LogP) is 4.07. The number of pyridine rings is 1. The molecule has 1 heterocycles. The molecule has 0 saturated heterocycles. The van der Waals surface area contributed by atoms with E-state index in [1.165, 1.54) is 0 Å². The first-order valence-corrected chi connectivity index (χ1v) is 10.9. The molecule has 148 valence electrons. The van der Waals surface area contributed by atoms with Crippen molar-refractivity contribution in [2.24, 2.45) is 0 Å². The molecule has 0 spiro atoms. The molecule has 0 radical (unpaired) electrons. The van der Waals surface area contributed by atoms with Gasteiger partial charge in [-0.25, -0.2) is 13.1 Å². The Morgan fingerprint density at radius 1 is 1.07 bits per heavy atom. The highest BCUT2D eigenvalue weighted by molar-refractivity contribution is 7.89. The highest BCUT2D eigenvalue weighted by Crippen LogP contribution is 2.24. The molecular formula is C20H22ClN3O3S. The number of fused-ring (bicyclic) bond motifs is 1. The molecule has 0 aliphatic carbocycles. The second-order valence-electron chi connectivity index (χ2n) is 6.10. The van der Waals surface area contributed by atoms with Gasteiger partial charge in [0, 0.05) is 35.4 Å². The number of anilines is 1. The molecule has 1 aromatic heterocycles. The maximum absolute atomic E-state index is 12.3. The average Bonchev–Trinajstić information content (AvgIpc) is 2.68. The van der Waals surface area contributed by atoms with Crippen LogP contribution in [-0.4, -0.2) is 33.1 Å². The van der Waals surface area contributed by atoms with Gasteiger partial charge in [0.15, 0.2) is 0 Å². The van der Waals surface area contributed by atoms with E-state index in [4.69, 9.17) is 16.3 Å². The molecule has 0 unspecified atom stereocenters. The summed E-state index contributed by atoms with van der Waals surface area (Å²) in [4.78, 5) is 4.53. The van der Waals surface area contributed by atoms with Gasteiger partial charge in [-0.05, 0) is 61.9 Å². The minimum atomic E-state index is -3.53. The molecule has 0 aliphatic rings. The molecule has 2 N–H and O–H groups in total. The maximum atomic E-state index is 12.3. The highest BCUT2D eigenvalue weighted by Gasteiger charge is 2.13. The fraction of sp³-hybridized carbons (Fsp3) is 0.250. The third-order valence-electron chi connectivity index (χ3n) is 4.11. The monoisotopic (exact) mass is 419 g/mol. The van der Waals surface area contributed by atoms with Crippen LogP contribution in [0.2, 0.25) is 5.02 Å². The normalized spacial score (nSPS) is 11.5. The fourth-order valence-corrected chi connectivity index (χ4v) is 4.00. The Morgan fingerprint density at radius 2 is 1.86 bits per heavy atom.